The zero-order chi connectivity index (χ0) is 14.8. The highest BCUT2D eigenvalue weighted by molar-refractivity contribution is 7.17. The number of hydrogen-bond acceptors (Lipinski definition) is 3. The van der Waals surface area contributed by atoms with Crippen molar-refractivity contribution in [2.75, 3.05) is 0 Å². The summed E-state index contributed by atoms with van der Waals surface area (Å²) in [5.41, 5.74) is 0. The molecule has 0 saturated carbocycles. The Morgan fingerprint density at radius 3 is 1.78 bits per heavy atom. The Morgan fingerprint density at radius 1 is 1.00 bits per heavy atom. The van der Waals surface area contributed by atoms with E-state index < -0.39 is 33.8 Å². The molecule has 0 spiro atoms. The first kappa shape index (κ1) is 19.1. The predicted octanol–water partition coefficient (Wildman–Crippen LogP) is 4.03. The number of rotatable bonds is 7. The average molecular weight is 364 g/mol. The van der Waals surface area contributed by atoms with Gasteiger partial charge in [-0.25, -0.2) is 0 Å². The molecule has 0 heterocycles. The first-order chi connectivity index (χ1) is 7.74. The zero-order valence-corrected chi connectivity index (χ0v) is 17.9. The molecule has 0 aliphatic carbocycles. The van der Waals surface area contributed by atoms with Gasteiger partial charge in [-0.1, -0.05) is 18.2 Å². The van der Waals surface area contributed by atoms with E-state index in [0.29, 0.717) is 4.66 Å². The van der Waals surface area contributed by atoms with E-state index in [4.69, 9.17) is 35.0 Å². The van der Waals surface area contributed by atoms with Crippen LogP contribution < -0.4 is 0 Å². The SMILES string of the molecule is C=C(Cl)[SiH](C)O[Si](C)(C)O[Si](C)(C)O[Si](C)(C)Cl. The van der Waals surface area contributed by atoms with Crippen molar-refractivity contribution in [3.8, 4) is 0 Å². The Labute approximate surface area is 125 Å². The van der Waals surface area contributed by atoms with Gasteiger partial charge in [-0.3, -0.25) is 0 Å². The van der Waals surface area contributed by atoms with Gasteiger partial charge in [-0.2, -0.15) is 0 Å². The van der Waals surface area contributed by atoms with Crippen LogP contribution >= 0.6 is 22.7 Å². The molecule has 0 aliphatic heterocycles. The molecular formula is C9H24Cl2O3Si4. The van der Waals surface area contributed by atoms with Gasteiger partial charge in [-0.15, -0.1) is 11.1 Å². The third-order valence-corrected chi connectivity index (χ3v) is 15.9. The minimum Gasteiger partial charge on any atom is -0.434 e. The van der Waals surface area contributed by atoms with Crippen LogP contribution in [-0.4, -0.2) is 33.8 Å². The lowest BCUT2D eigenvalue weighted by atomic mass is 11.2. The van der Waals surface area contributed by atoms with Crippen molar-refractivity contribution in [1.29, 1.82) is 0 Å². The van der Waals surface area contributed by atoms with Crippen LogP contribution in [0, 0.1) is 0 Å². The molecule has 0 fully saturated rings. The zero-order valence-electron chi connectivity index (χ0n) is 12.3. The Hall–Kier alpha value is 1.07. The van der Waals surface area contributed by atoms with Gasteiger partial charge in [0.1, 0.15) is 0 Å². The second kappa shape index (κ2) is 6.68. The van der Waals surface area contributed by atoms with Gasteiger partial charge in [0.15, 0.2) is 0 Å². The maximum atomic E-state index is 6.22. The van der Waals surface area contributed by atoms with E-state index in [-0.39, 0.29) is 0 Å². The highest BCUT2D eigenvalue weighted by atomic mass is 35.6. The quantitative estimate of drug-likeness (QED) is 0.505. The molecule has 0 rings (SSSR count). The van der Waals surface area contributed by atoms with Gasteiger partial charge in [-0.05, 0) is 45.8 Å². The molecule has 0 bridgehead atoms. The minimum atomic E-state index is -2.26. The van der Waals surface area contributed by atoms with E-state index in [1.54, 1.807) is 0 Å². The van der Waals surface area contributed by atoms with Gasteiger partial charge < -0.3 is 12.3 Å². The highest BCUT2D eigenvalue weighted by Crippen LogP contribution is 2.24. The lowest BCUT2D eigenvalue weighted by Gasteiger charge is -2.37. The molecule has 0 aliphatic rings. The van der Waals surface area contributed by atoms with Crippen molar-refractivity contribution >= 4 is 56.5 Å². The summed E-state index contributed by atoms with van der Waals surface area (Å²) < 4.78 is 18.7. The van der Waals surface area contributed by atoms with E-state index in [9.17, 15) is 0 Å². The summed E-state index contributed by atoms with van der Waals surface area (Å²) in [6.07, 6.45) is 0. The smallest absolute Gasteiger partial charge is 0.313 e. The molecule has 0 amide bonds. The first-order valence-electron chi connectivity index (χ1n) is 5.85. The van der Waals surface area contributed by atoms with Crippen LogP contribution in [0.5, 0.6) is 0 Å². The Kier molecular flexibility index (Phi) is 7.08. The van der Waals surface area contributed by atoms with E-state index in [1.165, 1.54) is 0 Å². The lowest BCUT2D eigenvalue weighted by Crippen LogP contribution is -2.53. The second-order valence-electron chi connectivity index (χ2n) is 5.57. The molecule has 0 aromatic rings. The van der Waals surface area contributed by atoms with Crippen LogP contribution in [0.3, 0.4) is 0 Å². The van der Waals surface area contributed by atoms with Crippen molar-refractivity contribution in [2.24, 2.45) is 0 Å². The summed E-state index contributed by atoms with van der Waals surface area (Å²) in [6, 6.07) is 0. The summed E-state index contributed by atoms with van der Waals surface area (Å²) >= 11 is 12.1. The van der Waals surface area contributed by atoms with Gasteiger partial charge >= 0.3 is 17.1 Å². The Morgan fingerprint density at radius 2 is 1.44 bits per heavy atom. The molecule has 0 aromatic carbocycles. The monoisotopic (exact) mass is 362 g/mol. The van der Waals surface area contributed by atoms with Crippen molar-refractivity contribution in [3.05, 3.63) is 11.2 Å². The molecular weight excluding hydrogens is 339 g/mol. The molecule has 0 aromatic heterocycles. The fourth-order valence-corrected chi connectivity index (χ4v) is 18.3. The van der Waals surface area contributed by atoms with Crippen LogP contribution in [0.1, 0.15) is 0 Å². The lowest BCUT2D eigenvalue weighted by molar-refractivity contribution is 0.339. The summed E-state index contributed by atoms with van der Waals surface area (Å²) in [5.74, 6) is 0. The highest BCUT2D eigenvalue weighted by Gasteiger charge is 2.41. The van der Waals surface area contributed by atoms with Gasteiger partial charge in [0.2, 0.25) is 9.04 Å². The predicted molar refractivity (Wildman–Crippen MR) is 89.6 cm³/mol. The summed E-state index contributed by atoms with van der Waals surface area (Å²) in [5, 5.41) is 0. The molecule has 1 unspecified atom stereocenters. The van der Waals surface area contributed by atoms with E-state index in [2.05, 4.69) is 6.58 Å². The third-order valence-electron chi connectivity index (χ3n) is 1.88. The molecule has 3 nitrogen and oxygen atoms in total. The maximum absolute atomic E-state index is 6.22. The van der Waals surface area contributed by atoms with Crippen LogP contribution in [0.15, 0.2) is 11.2 Å². The largest absolute Gasteiger partial charge is 0.434 e. The maximum Gasteiger partial charge on any atom is 0.313 e. The number of halogens is 2. The standard InChI is InChI=1S/C9H24Cl2O3Si4/c1-9(10)15(2)12-17(5,6)14-18(7,8)13-16(3,4)11/h15H,1H2,2-8H3. The topological polar surface area (TPSA) is 27.7 Å². The number of hydrogen-bond donors (Lipinski definition) is 0. The molecule has 1 atom stereocenters. The average Bonchev–Trinajstić information content (AvgIpc) is 1.93. The van der Waals surface area contributed by atoms with Crippen LogP contribution in [0.25, 0.3) is 0 Å². The molecule has 0 N–H and O–H groups in total. The third kappa shape index (κ3) is 9.05. The van der Waals surface area contributed by atoms with E-state index in [1.807, 2.05) is 45.8 Å². The van der Waals surface area contributed by atoms with Crippen molar-refractivity contribution < 1.29 is 12.3 Å². The van der Waals surface area contributed by atoms with E-state index in [0.717, 1.165) is 0 Å². The van der Waals surface area contributed by atoms with E-state index >= 15 is 0 Å². The molecule has 0 radical (unpaired) electrons. The van der Waals surface area contributed by atoms with Crippen LogP contribution in [0.4, 0.5) is 0 Å². The van der Waals surface area contributed by atoms with Gasteiger partial charge in [0.25, 0.3) is 7.63 Å². The molecule has 18 heavy (non-hydrogen) atoms. The van der Waals surface area contributed by atoms with Crippen LogP contribution in [-0.2, 0) is 12.3 Å². The molecule has 0 saturated heterocycles. The normalized spacial score (nSPS) is 15.6. The fraction of sp³-hybridized carbons (Fsp3) is 0.778. The first-order valence-corrected chi connectivity index (χ1v) is 18.0. The second-order valence-corrected chi connectivity index (χ2v) is 22.0. The molecule has 108 valence electrons. The van der Waals surface area contributed by atoms with Gasteiger partial charge in [0.05, 0.1) is 0 Å². The fourth-order valence-electron chi connectivity index (χ4n) is 1.71. The van der Waals surface area contributed by atoms with Crippen molar-refractivity contribution in [2.45, 2.75) is 45.8 Å². The summed E-state index contributed by atoms with van der Waals surface area (Å²) in [4.78, 5) is 0. The molecule has 9 heteroatoms. The summed E-state index contributed by atoms with van der Waals surface area (Å²) in [6.45, 7) is 17.7. The van der Waals surface area contributed by atoms with Gasteiger partial charge in [0, 0.05) is 4.66 Å². The van der Waals surface area contributed by atoms with Crippen molar-refractivity contribution in [1.82, 2.24) is 0 Å². The Bertz CT molecular complexity index is 305. The van der Waals surface area contributed by atoms with Crippen LogP contribution in [0.2, 0.25) is 45.8 Å². The Balaban J connectivity index is 4.60. The van der Waals surface area contributed by atoms with Crippen molar-refractivity contribution in [3.63, 3.8) is 0 Å². The summed E-state index contributed by atoms with van der Waals surface area (Å²) in [7, 11) is -8.21. The minimum absolute atomic E-state index is 0.617.